The predicted molar refractivity (Wildman–Crippen MR) is 157 cm³/mol. The number of hydrogen-bond acceptors (Lipinski definition) is 2. The largest absolute Gasteiger partial charge is 0.315 e. The Labute approximate surface area is 217 Å². The first-order valence-electron chi connectivity index (χ1n) is 16.3. The Hall–Kier alpha value is -0.0800. The van der Waals surface area contributed by atoms with Gasteiger partial charge in [0.15, 0.2) is 0 Å². The minimum Gasteiger partial charge on any atom is -0.315 e. The topological polar surface area (TPSA) is 15.3 Å². The maximum absolute atomic E-state index is 3.75. The molecule has 0 aliphatic rings. The van der Waals surface area contributed by atoms with Crippen molar-refractivity contribution in [2.75, 3.05) is 32.7 Å². The predicted octanol–water partition coefficient (Wildman–Crippen LogP) is 10.3. The summed E-state index contributed by atoms with van der Waals surface area (Å²) >= 11 is 0. The second-order valence-corrected chi connectivity index (χ2v) is 11.0. The van der Waals surface area contributed by atoms with Gasteiger partial charge in [0, 0.05) is 13.1 Å². The van der Waals surface area contributed by atoms with Gasteiger partial charge in [-0.2, -0.15) is 0 Å². The smallest absolute Gasteiger partial charge is 0.0107 e. The minimum absolute atomic E-state index is 1.19. The zero-order chi connectivity index (χ0) is 24.8. The third kappa shape index (κ3) is 28.2. The molecule has 0 saturated carbocycles. The number of nitrogens with one attached hydrogen (secondary N) is 1. The molecule has 0 aromatic carbocycles. The second-order valence-electron chi connectivity index (χ2n) is 11.0. The van der Waals surface area contributed by atoms with Crippen LogP contribution >= 0.6 is 0 Å². The molecular formula is C32H68N2. The van der Waals surface area contributed by atoms with Crippen LogP contribution in [0.3, 0.4) is 0 Å². The van der Waals surface area contributed by atoms with Crippen molar-refractivity contribution < 1.29 is 0 Å². The lowest BCUT2D eigenvalue weighted by atomic mass is 10.1. The summed E-state index contributed by atoms with van der Waals surface area (Å²) < 4.78 is 0. The van der Waals surface area contributed by atoms with Gasteiger partial charge in [-0.25, -0.2) is 0 Å². The summed E-state index contributed by atoms with van der Waals surface area (Å²) in [7, 11) is 0. The van der Waals surface area contributed by atoms with Crippen LogP contribution in [0.2, 0.25) is 0 Å². The molecule has 0 heterocycles. The Morgan fingerprint density at radius 3 is 1.03 bits per heavy atom. The molecule has 0 aliphatic heterocycles. The van der Waals surface area contributed by atoms with Gasteiger partial charge < -0.3 is 10.2 Å². The normalized spacial score (nSPS) is 11.6. The Kier molecular flexibility index (Phi) is 30.9. The van der Waals surface area contributed by atoms with Gasteiger partial charge in [-0.05, 0) is 38.9 Å². The average Bonchev–Trinajstić information content (AvgIpc) is 2.85. The highest BCUT2D eigenvalue weighted by Gasteiger charge is 2.05. The van der Waals surface area contributed by atoms with Crippen LogP contribution in [0.1, 0.15) is 175 Å². The van der Waals surface area contributed by atoms with Crippen molar-refractivity contribution in [2.24, 2.45) is 0 Å². The first-order chi connectivity index (χ1) is 16.8. The van der Waals surface area contributed by atoms with Gasteiger partial charge in [-0.15, -0.1) is 0 Å². The van der Waals surface area contributed by atoms with Gasteiger partial charge in [0.1, 0.15) is 0 Å². The fourth-order valence-electron chi connectivity index (χ4n) is 5.02. The van der Waals surface area contributed by atoms with E-state index < -0.39 is 0 Å². The summed E-state index contributed by atoms with van der Waals surface area (Å²) in [6.45, 7) is 13.2. The maximum atomic E-state index is 3.75. The van der Waals surface area contributed by atoms with Crippen LogP contribution in [0.4, 0.5) is 0 Å². The van der Waals surface area contributed by atoms with Crippen molar-refractivity contribution in [1.29, 1.82) is 0 Å². The lowest BCUT2D eigenvalue weighted by Gasteiger charge is -2.22. The summed E-state index contributed by atoms with van der Waals surface area (Å²) in [6, 6.07) is 0. The van der Waals surface area contributed by atoms with Gasteiger partial charge in [0.25, 0.3) is 0 Å². The van der Waals surface area contributed by atoms with Crippen molar-refractivity contribution >= 4 is 0 Å². The van der Waals surface area contributed by atoms with Gasteiger partial charge in [0.05, 0.1) is 0 Å². The van der Waals surface area contributed by atoms with Crippen LogP contribution in [-0.2, 0) is 0 Å². The Morgan fingerprint density at radius 2 is 0.647 bits per heavy atom. The van der Waals surface area contributed by atoms with Crippen LogP contribution in [0.25, 0.3) is 0 Å². The molecule has 206 valence electrons. The third-order valence-electron chi connectivity index (χ3n) is 7.47. The summed E-state index contributed by atoms with van der Waals surface area (Å²) in [4.78, 5) is 2.77. The molecular weight excluding hydrogens is 412 g/mol. The molecule has 0 radical (unpaired) electrons. The summed E-state index contributed by atoms with van der Waals surface area (Å²) in [5, 5.41) is 3.75. The summed E-state index contributed by atoms with van der Waals surface area (Å²) in [5.74, 6) is 0. The second kappa shape index (κ2) is 31.0. The number of rotatable bonds is 30. The Morgan fingerprint density at radius 1 is 0.324 bits per heavy atom. The third-order valence-corrected chi connectivity index (χ3v) is 7.47. The van der Waals surface area contributed by atoms with Gasteiger partial charge >= 0.3 is 0 Å². The molecule has 1 N–H and O–H groups in total. The van der Waals surface area contributed by atoms with E-state index in [1.165, 1.54) is 187 Å². The molecule has 0 amide bonds. The quantitative estimate of drug-likeness (QED) is 0.103. The van der Waals surface area contributed by atoms with E-state index in [9.17, 15) is 0 Å². The molecule has 0 atom stereocenters. The number of hydrogen-bond donors (Lipinski definition) is 1. The van der Waals surface area contributed by atoms with Crippen molar-refractivity contribution in [2.45, 2.75) is 175 Å². The van der Waals surface area contributed by atoms with Crippen LogP contribution in [-0.4, -0.2) is 37.6 Å². The van der Waals surface area contributed by atoms with Crippen LogP contribution in [0.15, 0.2) is 0 Å². The molecule has 0 bridgehead atoms. The molecule has 0 aliphatic carbocycles. The monoisotopic (exact) mass is 481 g/mol. The lowest BCUT2D eigenvalue weighted by molar-refractivity contribution is 0.259. The first kappa shape index (κ1) is 33.9. The van der Waals surface area contributed by atoms with Crippen molar-refractivity contribution in [3.05, 3.63) is 0 Å². The zero-order valence-corrected chi connectivity index (χ0v) is 24.5. The van der Waals surface area contributed by atoms with Gasteiger partial charge in [0.2, 0.25) is 0 Å². The van der Waals surface area contributed by atoms with Crippen LogP contribution in [0.5, 0.6) is 0 Å². The lowest BCUT2D eigenvalue weighted by Crippen LogP contribution is -2.34. The van der Waals surface area contributed by atoms with Crippen molar-refractivity contribution in [1.82, 2.24) is 10.2 Å². The van der Waals surface area contributed by atoms with E-state index in [0.717, 1.165) is 0 Å². The summed E-state index contributed by atoms with van der Waals surface area (Å²) in [5.41, 5.74) is 0. The highest BCUT2D eigenvalue weighted by atomic mass is 15.1. The van der Waals surface area contributed by atoms with E-state index in [1.807, 2.05) is 0 Å². The molecule has 2 nitrogen and oxygen atoms in total. The highest BCUT2D eigenvalue weighted by Crippen LogP contribution is 2.11. The number of unbranched alkanes of at least 4 members (excludes halogenated alkanes) is 21. The molecule has 0 fully saturated rings. The van der Waals surface area contributed by atoms with E-state index in [-0.39, 0.29) is 0 Å². The molecule has 0 saturated heterocycles. The molecule has 0 unspecified atom stereocenters. The van der Waals surface area contributed by atoms with E-state index in [4.69, 9.17) is 0 Å². The van der Waals surface area contributed by atoms with Crippen molar-refractivity contribution in [3.8, 4) is 0 Å². The van der Waals surface area contributed by atoms with Crippen LogP contribution in [0, 0.1) is 0 Å². The van der Waals surface area contributed by atoms with Crippen molar-refractivity contribution in [3.63, 3.8) is 0 Å². The fourth-order valence-corrected chi connectivity index (χ4v) is 5.02. The van der Waals surface area contributed by atoms with Gasteiger partial charge in [-0.1, -0.05) is 156 Å². The molecule has 0 rings (SSSR count). The molecule has 34 heavy (non-hydrogen) atoms. The maximum Gasteiger partial charge on any atom is 0.0107 e. The van der Waals surface area contributed by atoms with E-state index in [1.54, 1.807) is 0 Å². The molecule has 0 aromatic heterocycles. The molecule has 0 aromatic rings. The molecule has 2 heteroatoms. The van der Waals surface area contributed by atoms with E-state index >= 15 is 0 Å². The Bertz CT molecular complexity index is 324. The van der Waals surface area contributed by atoms with Crippen LogP contribution < -0.4 is 5.32 Å². The molecule has 0 spiro atoms. The Balaban J connectivity index is 3.82. The minimum atomic E-state index is 1.19. The van der Waals surface area contributed by atoms with Gasteiger partial charge in [-0.3, -0.25) is 0 Å². The number of nitrogens with zero attached hydrogens (tertiary/aromatic N) is 1. The summed E-state index contributed by atoms with van der Waals surface area (Å²) in [6.07, 6.45) is 34.2. The highest BCUT2D eigenvalue weighted by molar-refractivity contribution is 4.62. The van der Waals surface area contributed by atoms with E-state index in [0.29, 0.717) is 0 Å². The fraction of sp³-hybridized carbons (Fsp3) is 1.00. The SMILES string of the molecule is CCCCCCCCCCNCCN(CCCCCCCCCC)CCCCCCCCCC. The zero-order valence-electron chi connectivity index (χ0n) is 24.5. The van der Waals surface area contributed by atoms with E-state index in [2.05, 4.69) is 31.0 Å². The first-order valence-corrected chi connectivity index (χ1v) is 16.3. The average molecular weight is 481 g/mol. The standard InChI is InChI=1S/C32H68N2/c1-4-7-10-13-16-19-22-25-28-33-29-32-34(30-26-23-20-17-14-11-8-5-2)31-27-24-21-18-15-12-9-6-3/h33H,4-32H2,1-3H3.